The van der Waals surface area contributed by atoms with Crippen LogP contribution in [0.5, 0.6) is 0 Å². The van der Waals surface area contributed by atoms with Crippen LogP contribution < -0.4 is 0 Å². The maximum atomic E-state index is 12.4. The lowest BCUT2D eigenvalue weighted by molar-refractivity contribution is -0.143. The lowest BCUT2D eigenvalue weighted by atomic mass is 10.3. The maximum Gasteiger partial charge on any atom is 0.325 e. The number of halogens is 1. The first-order valence-electron chi connectivity index (χ1n) is 7.25. The third-order valence-electron chi connectivity index (χ3n) is 3.53. The molecule has 0 aliphatic carbocycles. The lowest BCUT2D eigenvalue weighted by Gasteiger charge is -2.10. The van der Waals surface area contributed by atoms with Gasteiger partial charge >= 0.3 is 5.97 Å². The monoisotopic (exact) mass is 420 g/mol. The van der Waals surface area contributed by atoms with Crippen molar-refractivity contribution in [3.63, 3.8) is 0 Å². The smallest absolute Gasteiger partial charge is 0.325 e. The Labute approximate surface area is 156 Å². The zero-order chi connectivity index (χ0) is 18.0. The first-order valence-corrected chi connectivity index (χ1v) is 8.86. The molecule has 0 N–H and O–H groups in total. The number of hydrogen-bond acceptors (Lipinski definition) is 5. The molecule has 1 aliphatic heterocycles. The molecule has 128 valence electrons. The summed E-state index contributed by atoms with van der Waals surface area (Å²) in [5.74, 6) is -1.14. The molecule has 25 heavy (non-hydrogen) atoms. The fourth-order valence-electron chi connectivity index (χ4n) is 2.34. The number of carbonyl (C=O) groups excluding carboxylic acids is 3. The number of imide groups is 1. The van der Waals surface area contributed by atoms with Crippen molar-refractivity contribution >= 4 is 50.9 Å². The van der Waals surface area contributed by atoms with Gasteiger partial charge in [0.15, 0.2) is 0 Å². The van der Waals surface area contributed by atoms with E-state index < -0.39 is 17.1 Å². The second kappa shape index (κ2) is 7.28. The third kappa shape index (κ3) is 3.69. The van der Waals surface area contributed by atoms with Gasteiger partial charge in [-0.15, -0.1) is 0 Å². The molecule has 0 radical (unpaired) electrons. The molecule has 1 aromatic heterocycles. The molecule has 0 atom stereocenters. The topological polar surface area (TPSA) is 68.6 Å². The molecule has 0 unspecified atom stereocenters. The van der Waals surface area contributed by atoms with E-state index in [4.69, 9.17) is 0 Å². The molecule has 1 fully saturated rings. The SMILES string of the molecule is COC(=O)CN1C(=O)S/C(=C/c2cccn2-c2cccc(Br)c2)C1=O. The third-order valence-corrected chi connectivity index (χ3v) is 4.93. The highest BCUT2D eigenvalue weighted by Crippen LogP contribution is 2.32. The van der Waals surface area contributed by atoms with Crippen molar-refractivity contribution in [3.05, 3.63) is 57.7 Å². The second-order valence-electron chi connectivity index (χ2n) is 5.13. The van der Waals surface area contributed by atoms with Crippen molar-refractivity contribution in [3.8, 4) is 5.69 Å². The molecule has 1 aliphatic rings. The number of aromatic nitrogens is 1. The fourth-order valence-corrected chi connectivity index (χ4v) is 3.55. The van der Waals surface area contributed by atoms with E-state index >= 15 is 0 Å². The fraction of sp³-hybridized carbons (Fsp3) is 0.118. The number of carbonyl (C=O) groups is 3. The average molecular weight is 421 g/mol. The van der Waals surface area contributed by atoms with Gasteiger partial charge in [0.05, 0.1) is 12.0 Å². The highest BCUT2D eigenvalue weighted by atomic mass is 79.9. The van der Waals surface area contributed by atoms with E-state index in [1.165, 1.54) is 7.11 Å². The minimum Gasteiger partial charge on any atom is -0.468 e. The van der Waals surface area contributed by atoms with Gasteiger partial charge in [0, 0.05) is 22.1 Å². The number of ether oxygens (including phenoxy) is 1. The van der Waals surface area contributed by atoms with Crippen molar-refractivity contribution in [2.45, 2.75) is 0 Å². The summed E-state index contributed by atoms with van der Waals surface area (Å²) in [6.07, 6.45) is 3.51. The Hall–Kier alpha value is -2.32. The summed E-state index contributed by atoms with van der Waals surface area (Å²) in [5.41, 5.74) is 1.67. The van der Waals surface area contributed by atoms with E-state index in [0.29, 0.717) is 0 Å². The molecule has 0 bridgehead atoms. The number of esters is 1. The lowest BCUT2D eigenvalue weighted by Crippen LogP contribution is -2.34. The van der Waals surface area contributed by atoms with Crippen LogP contribution in [0.3, 0.4) is 0 Å². The van der Waals surface area contributed by atoms with Crippen molar-refractivity contribution in [2.75, 3.05) is 13.7 Å². The van der Waals surface area contributed by atoms with Crippen LogP contribution in [-0.2, 0) is 14.3 Å². The predicted molar refractivity (Wildman–Crippen MR) is 98.2 cm³/mol. The highest BCUT2D eigenvalue weighted by Gasteiger charge is 2.36. The van der Waals surface area contributed by atoms with Crippen molar-refractivity contribution < 1.29 is 19.1 Å². The van der Waals surface area contributed by atoms with Gasteiger partial charge < -0.3 is 9.30 Å². The Bertz CT molecular complexity index is 890. The van der Waals surface area contributed by atoms with Crippen molar-refractivity contribution in [1.82, 2.24) is 9.47 Å². The Morgan fingerprint density at radius 2 is 2.08 bits per heavy atom. The van der Waals surface area contributed by atoms with E-state index in [1.54, 1.807) is 6.08 Å². The van der Waals surface area contributed by atoms with Crippen LogP contribution in [0.4, 0.5) is 4.79 Å². The van der Waals surface area contributed by atoms with Gasteiger partial charge in [0.1, 0.15) is 6.54 Å². The van der Waals surface area contributed by atoms with Gasteiger partial charge in [0.25, 0.3) is 11.1 Å². The van der Waals surface area contributed by atoms with Crippen molar-refractivity contribution in [1.29, 1.82) is 0 Å². The zero-order valence-corrected chi connectivity index (χ0v) is 15.5. The number of methoxy groups -OCH3 is 1. The van der Waals surface area contributed by atoms with Gasteiger partial charge in [-0.1, -0.05) is 22.0 Å². The molecule has 2 amide bonds. The normalized spacial score (nSPS) is 15.9. The quantitative estimate of drug-likeness (QED) is 0.559. The summed E-state index contributed by atoms with van der Waals surface area (Å²) in [7, 11) is 1.21. The van der Waals surface area contributed by atoms with Crippen LogP contribution in [0.1, 0.15) is 5.69 Å². The summed E-state index contributed by atoms with van der Waals surface area (Å²) in [6, 6.07) is 11.4. The minimum absolute atomic E-state index is 0.267. The predicted octanol–water partition coefficient (Wildman–Crippen LogP) is 3.45. The van der Waals surface area contributed by atoms with Crippen LogP contribution in [0.25, 0.3) is 11.8 Å². The van der Waals surface area contributed by atoms with Crippen LogP contribution in [-0.4, -0.2) is 40.2 Å². The van der Waals surface area contributed by atoms with Crippen LogP contribution in [0, 0.1) is 0 Å². The summed E-state index contributed by atoms with van der Waals surface area (Å²) >= 11 is 4.24. The molecular formula is C17H13BrN2O4S. The molecule has 0 saturated carbocycles. The number of rotatable bonds is 4. The first-order chi connectivity index (χ1) is 12.0. The van der Waals surface area contributed by atoms with E-state index in [0.717, 1.165) is 32.5 Å². The summed E-state index contributed by atoms with van der Waals surface area (Å²) < 4.78 is 7.35. The summed E-state index contributed by atoms with van der Waals surface area (Å²) in [4.78, 5) is 36.9. The van der Waals surface area contributed by atoms with Gasteiger partial charge in [-0.2, -0.15) is 0 Å². The minimum atomic E-state index is -0.638. The molecule has 1 aromatic carbocycles. The van der Waals surface area contributed by atoms with Crippen molar-refractivity contribution in [2.24, 2.45) is 0 Å². The molecule has 8 heteroatoms. The van der Waals surface area contributed by atoms with Gasteiger partial charge in [-0.25, -0.2) is 0 Å². The Morgan fingerprint density at radius 1 is 1.28 bits per heavy atom. The molecule has 1 saturated heterocycles. The number of nitrogens with zero attached hydrogens (tertiary/aromatic N) is 2. The van der Waals surface area contributed by atoms with Gasteiger partial charge in [-0.3, -0.25) is 19.3 Å². The second-order valence-corrected chi connectivity index (χ2v) is 7.04. The van der Waals surface area contributed by atoms with Crippen LogP contribution in [0.2, 0.25) is 0 Å². The van der Waals surface area contributed by atoms with Gasteiger partial charge in [-0.05, 0) is 48.2 Å². The first kappa shape index (κ1) is 17.5. The summed E-state index contributed by atoms with van der Waals surface area (Å²) in [6.45, 7) is -0.384. The van der Waals surface area contributed by atoms with E-state index in [2.05, 4.69) is 20.7 Å². The molecule has 2 heterocycles. The highest BCUT2D eigenvalue weighted by molar-refractivity contribution is 9.10. The van der Waals surface area contributed by atoms with E-state index in [1.807, 2.05) is 47.2 Å². The van der Waals surface area contributed by atoms with E-state index in [-0.39, 0.29) is 11.4 Å². The zero-order valence-electron chi connectivity index (χ0n) is 13.1. The number of amides is 2. The molecule has 3 rings (SSSR count). The average Bonchev–Trinajstić information content (AvgIpc) is 3.15. The molecule has 2 aromatic rings. The van der Waals surface area contributed by atoms with Crippen LogP contribution >= 0.6 is 27.7 Å². The number of thioether (sulfide) groups is 1. The molecule has 6 nitrogen and oxygen atoms in total. The molecule has 0 spiro atoms. The molecular weight excluding hydrogens is 408 g/mol. The largest absolute Gasteiger partial charge is 0.468 e. The van der Waals surface area contributed by atoms with Gasteiger partial charge in [0.2, 0.25) is 0 Å². The van der Waals surface area contributed by atoms with Crippen LogP contribution in [0.15, 0.2) is 52.0 Å². The Kier molecular flexibility index (Phi) is 5.10. The number of hydrogen-bond donors (Lipinski definition) is 0. The summed E-state index contributed by atoms with van der Waals surface area (Å²) in [5, 5.41) is -0.484. The Morgan fingerprint density at radius 3 is 2.80 bits per heavy atom. The van der Waals surface area contributed by atoms with E-state index in [9.17, 15) is 14.4 Å². The standard InChI is InChI=1S/C17H13BrN2O4S/c1-24-15(21)10-20-16(22)14(25-17(20)23)9-13-6-3-7-19(13)12-5-2-4-11(18)8-12/h2-9H,10H2,1H3/b14-9+. The Balaban J connectivity index is 1.90. The maximum absolute atomic E-state index is 12.4. The number of benzene rings is 1.